The highest BCUT2D eigenvalue weighted by molar-refractivity contribution is 7.71. The number of likely N-dealkylation sites (N-methyl/N-ethyl adjacent to an activating group) is 1. The van der Waals surface area contributed by atoms with Gasteiger partial charge >= 0.3 is 0 Å². The van der Waals surface area contributed by atoms with Crippen LogP contribution < -0.4 is 4.90 Å². The van der Waals surface area contributed by atoms with Crippen LogP contribution in [0, 0.1) is 11.6 Å². The van der Waals surface area contributed by atoms with Crippen molar-refractivity contribution >= 4 is 18.2 Å². The lowest BCUT2D eigenvalue weighted by Crippen LogP contribution is -2.45. The molecule has 0 aromatic carbocycles. The summed E-state index contributed by atoms with van der Waals surface area (Å²) < 4.78 is 0.667. The minimum absolute atomic E-state index is 0.667. The molecular formula is C10H16N4S. The van der Waals surface area contributed by atoms with E-state index in [4.69, 9.17) is 12.2 Å². The largest absolute Gasteiger partial charge is 0.340 e. The van der Waals surface area contributed by atoms with Crippen LogP contribution in [0.1, 0.15) is 5.69 Å². The number of hydrogen-bond donors (Lipinski definition) is 1. The molecule has 0 atom stereocenters. The molecule has 1 aliphatic rings. The molecule has 0 spiro atoms. The Hall–Kier alpha value is -0.940. The van der Waals surface area contributed by atoms with Gasteiger partial charge in [0.2, 0.25) is 5.95 Å². The Kier molecular flexibility index (Phi) is 3.02. The molecule has 2 heterocycles. The second kappa shape index (κ2) is 4.28. The van der Waals surface area contributed by atoms with Crippen molar-refractivity contribution in [2.45, 2.75) is 6.92 Å². The summed E-state index contributed by atoms with van der Waals surface area (Å²) in [6.45, 7) is 6.19. The number of hydrogen-bond acceptors (Lipinski definition) is 4. The third-order valence-electron chi connectivity index (χ3n) is 2.67. The summed E-state index contributed by atoms with van der Waals surface area (Å²) in [5, 5.41) is 0. The van der Waals surface area contributed by atoms with E-state index in [-0.39, 0.29) is 0 Å². The van der Waals surface area contributed by atoms with Gasteiger partial charge in [0.15, 0.2) is 0 Å². The Labute approximate surface area is 94.9 Å². The number of nitrogens with one attached hydrogen (secondary N) is 1. The number of piperazine rings is 1. The number of aromatic nitrogens is 2. The van der Waals surface area contributed by atoms with Crippen molar-refractivity contribution in [3.05, 3.63) is 16.4 Å². The maximum absolute atomic E-state index is 5.11. The number of nitrogens with zero attached hydrogens (tertiary/aromatic N) is 3. The fourth-order valence-corrected chi connectivity index (χ4v) is 1.99. The van der Waals surface area contributed by atoms with Gasteiger partial charge in [-0.1, -0.05) is 12.2 Å². The Bertz CT molecular complexity index is 393. The zero-order valence-electron chi connectivity index (χ0n) is 9.16. The molecule has 1 saturated heterocycles. The molecule has 0 amide bonds. The van der Waals surface area contributed by atoms with E-state index in [0.29, 0.717) is 4.64 Å². The second-order valence-corrected chi connectivity index (χ2v) is 4.43. The normalized spacial score (nSPS) is 18.1. The van der Waals surface area contributed by atoms with E-state index in [0.717, 1.165) is 37.8 Å². The average molecular weight is 224 g/mol. The van der Waals surface area contributed by atoms with Gasteiger partial charge in [-0.15, -0.1) is 0 Å². The molecule has 1 N–H and O–H groups in total. The second-order valence-electron chi connectivity index (χ2n) is 4.02. The summed E-state index contributed by atoms with van der Waals surface area (Å²) in [5.74, 6) is 0.910. The highest BCUT2D eigenvalue weighted by Gasteiger charge is 2.15. The van der Waals surface area contributed by atoms with E-state index >= 15 is 0 Å². The van der Waals surface area contributed by atoms with Crippen molar-refractivity contribution in [3.8, 4) is 0 Å². The Morgan fingerprint density at radius 2 is 2.00 bits per heavy atom. The van der Waals surface area contributed by atoms with Crippen LogP contribution in [0.3, 0.4) is 0 Å². The summed E-state index contributed by atoms with van der Waals surface area (Å²) in [6.07, 6.45) is 0. The lowest BCUT2D eigenvalue weighted by atomic mass is 10.3. The number of rotatable bonds is 1. The average Bonchev–Trinajstić information content (AvgIpc) is 2.17. The minimum atomic E-state index is 0.667. The summed E-state index contributed by atoms with van der Waals surface area (Å²) >= 11 is 5.11. The standard InChI is InChI=1S/C10H16N4S/c1-8-7-9(15)12-10(11-8)14-5-3-13(2)4-6-14/h7H,3-6H2,1-2H3,(H,11,12,15). The summed E-state index contributed by atoms with van der Waals surface area (Å²) in [6, 6.07) is 1.88. The number of aryl methyl sites for hydroxylation is 1. The van der Waals surface area contributed by atoms with E-state index in [2.05, 4.69) is 26.8 Å². The molecule has 4 nitrogen and oxygen atoms in total. The van der Waals surface area contributed by atoms with Crippen LogP contribution in [0.25, 0.3) is 0 Å². The molecule has 0 bridgehead atoms. The molecule has 1 fully saturated rings. The van der Waals surface area contributed by atoms with E-state index in [1.807, 2.05) is 13.0 Å². The van der Waals surface area contributed by atoms with Gasteiger partial charge in [-0.05, 0) is 20.0 Å². The first kappa shape index (κ1) is 10.6. The van der Waals surface area contributed by atoms with E-state index in [1.165, 1.54) is 0 Å². The first-order valence-electron chi connectivity index (χ1n) is 5.16. The Balaban J connectivity index is 2.19. The van der Waals surface area contributed by atoms with Gasteiger partial charge in [0.05, 0.1) is 0 Å². The minimum Gasteiger partial charge on any atom is -0.340 e. The predicted octanol–water partition coefficient (Wildman–Crippen LogP) is 1.20. The van der Waals surface area contributed by atoms with E-state index in [9.17, 15) is 0 Å². The van der Waals surface area contributed by atoms with Crippen LogP contribution >= 0.6 is 12.2 Å². The monoisotopic (exact) mass is 224 g/mol. The van der Waals surface area contributed by atoms with Crippen LogP contribution in [-0.4, -0.2) is 48.1 Å². The van der Waals surface area contributed by atoms with Gasteiger partial charge in [-0.2, -0.15) is 0 Å². The fraction of sp³-hybridized carbons (Fsp3) is 0.600. The Morgan fingerprint density at radius 3 is 2.60 bits per heavy atom. The van der Waals surface area contributed by atoms with E-state index in [1.54, 1.807) is 0 Å². The molecule has 5 heteroatoms. The van der Waals surface area contributed by atoms with Crippen LogP contribution in [-0.2, 0) is 0 Å². The predicted molar refractivity (Wildman–Crippen MR) is 63.9 cm³/mol. The quantitative estimate of drug-likeness (QED) is 0.727. The summed E-state index contributed by atoms with van der Waals surface area (Å²) in [5.41, 5.74) is 1.07. The first-order chi connectivity index (χ1) is 7.15. The van der Waals surface area contributed by atoms with Crippen molar-refractivity contribution in [2.75, 3.05) is 38.1 Å². The number of anilines is 1. The van der Waals surface area contributed by atoms with Crippen LogP contribution in [0.2, 0.25) is 0 Å². The van der Waals surface area contributed by atoms with Crippen molar-refractivity contribution in [2.24, 2.45) is 0 Å². The molecule has 0 unspecified atom stereocenters. The molecule has 82 valence electrons. The molecule has 1 aromatic rings. The van der Waals surface area contributed by atoms with Gasteiger partial charge in [-0.25, -0.2) is 4.98 Å². The molecule has 15 heavy (non-hydrogen) atoms. The maximum Gasteiger partial charge on any atom is 0.204 e. The van der Waals surface area contributed by atoms with Gasteiger partial charge in [0.25, 0.3) is 0 Å². The van der Waals surface area contributed by atoms with Gasteiger partial charge in [0.1, 0.15) is 4.64 Å². The van der Waals surface area contributed by atoms with Crippen LogP contribution in [0.5, 0.6) is 0 Å². The van der Waals surface area contributed by atoms with Crippen molar-refractivity contribution < 1.29 is 0 Å². The van der Waals surface area contributed by atoms with Crippen LogP contribution in [0.4, 0.5) is 5.95 Å². The molecule has 1 aromatic heterocycles. The van der Waals surface area contributed by atoms with Crippen LogP contribution in [0.15, 0.2) is 6.07 Å². The third kappa shape index (κ3) is 2.54. The number of H-pyrrole nitrogens is 1. The maximum atomic E-state index is 5.11. The fourth-order valence-electron chi connectivity index (χ4n) is 1.73. The molecule has 2 rings (SSSR count). The van der Waals surface area contributed by atoms with Gasteiger partial charge < -0.3 is 14.8 Å². The lowest BCUT2D eigenvalue weighted by molar-refractivity contribution is 0.311. The molecule has 0 aliphatic carbocycles. The zero-order chi connectivity index (χ0) is 10.8. The Morgan fingerprint density at radius 1 is 1.33 bits per heavy atom. The summed E-state index contributed by atoms with van der Waals surface area (Å²) in [4.78, 5) is 12.2. The van der Waals surface area contributed by atoms with Crippen molar-refractivity contribution in [3.63, 3.8) is 0 Å². The first-order valence-corrected chi connectivity index (χ1v) is 5.57. The number of aromatic amines is 1. The highest BCUT2D eigenvalue weighted by Crippen LogP contribution is 2.10. The molecule has 1 aliphatic heterocycles. The van der Waals surface area contributed by atoms with Gasteiger partial charge in [0, 0.05) is 31.9 Å². The van der Waals surface area contributed by atoms with Crippen molar-refractivity contribution in [1.29, 1.82) is 0 Å². The van der Waals surface area contributed by atoms with Crippen molar-refractivity contribution in [1.82, 2.24) is 14.9 Å². The molecule has 0 radical (unpaired) electrons. The zero-order valence-corrected chi connectivity index (χ0v) is 9.97. The van der Waals surface area contributed by atoms with E-state index < -0.39 is 0 Å². The highest BCUT2D eigenvalue weighted by atomic mass is 32.1. The SMILES string of the molecule is Cc1cc(=S)nc(N2CCN(C)CC2)[nH]1. The molecule has 0 saturated carbocycles. The third-order valence-corrected chi connectivity index (χ3v) is 2.88. The van der Waals surface area contributed by atoms with Gasteiger partial charge in [-0.3, -0.25) is 0 Å². The topological polar surface area (TPSA) is 35.2 Å². The molecular weight excluding hydrogens is 208 g/mol. The smallest absolute Gasteiger partial charge is 0.204 e. The lowest BCUT2D eigenvalue weighted by Gasteiger charge is -2.32. The summed E-state index contributed by atoms with van der Waals surface area (Å²) in [7, 11) is 2.14.